The Labute approximate surface area is 175 Å². The van der Waals surface area contributed by atoms with Gasteiger partial charge in [0.05, 0.1) is 6.10 Å². The number of hydrogen-bond donors (Lipinski definition) is 1. The van der Waals surface area contributed by atoms with Crippen LogP contribution >= 0.6 is 0 Å². The van der Waals surface area contributed by atoms with Crippen molar-refractivity contribution in [3.8, 4) is 0 Å². The molecule has 0 fully saturated rings. The summed E-state index contributed by atoms with van der Waals surface area (Å²) in [5.41, 5.74) is 3.38. The van der Waals surface area contributed by atoms with Crippen molar-refractivity contribution in [1.29, 1.82) is 0 Å². The number of aliphatic hydroxyl groups excluding tert-OH is 1. The lowest BCUT2D eigenvalue weighted by molar-refractivity contribution is -0.126. The fraction of sp³-hybridized carbons (Fsp3) is 0.320. The number of aliphatic hydroxyl groups is 1. The molecule has 0 aromatic rings. The van der Waals surface area contributed by atoms with Crippen molar-refractivity contribution in [1.82, 2.24) is 9.80 Å². The molecular formula is C25H34N2O2. The number of allylic oxidation sites excluding steroid dienone is 4. The Morgan fingerprint density at radius 1 is 1.17 bits per heavy atom. The summed E-state index contributed by atoms with van der Waals surface area (Å²) in [7, 11) is 0. The Bertz CT molecular complexity index is 727. The Morgan fingerprint density at radius 3 is 2.24 bits per heavy atom. The number of β-amino-alcohol motifs (C(OH)–C–C–N with tert-alkyl or cyclic N) is 1. The molecule has 0 aromatic heterocycles. The van der Waals surface area contributed by atoms with E-state index < -0.39 is 6.10 Å². The van der Waals surface area contributed by atoms with Crippen molar-refractivity contribution >= 4 is 5.91 Å². The topological polar surface area (TPSA) is 43.8 Å². The van der Waals surface area contributed by atoms with Gasteiger partial charge in [-0.3, -0.25) is 9.69 Å². The lowest BCUT2D eigenvalue weighted by Gasteiger charge is -2.28. The highest BCUT2D eigenvalue weighted by Crippen LogP contribution is 2.21. The first-order valence-corrected chi connectivity index (χ1v) is 9.81. The maximum Gasteiger partial charge on any atom is 0.254 e. The fourth-order valence-electron chi connectivity index (χ4n) is 3.28. The van der Waals surface area contributed by atoms with Gasteiger partial charge in [0.1, 0.15) is 0 Å². The molecule has 156 valence electrons. The van der Waals surface area contributed by atoms with E-state index in [2.05, 4.69) is 31.2 Å². The largest absolute Gasteiger partial charge is 0.390 e. The van der Waals surface area contributed by atoms with Crippen LogP contribution in [0.4, 0.5) is 0 Å². The second kappa shape index (κ2) is 12.7. The smallest absolute Gasteiger partial charge is 0.254 e. The minimum Gasteiger partial charge on any atom is -0.390 e. The van der Waals surface area contributed by atoms with Crippen molar-refractivity contribution < 1.29 is 9.90 Å². The average molecular weight is 395 g/mol. The van der Waals surface area contributed by atoms with Gasteiger partial charge in [0.2, 0.25) is 0 Å². The molecule has 1 unspecified atom stereocenters. The SMILES string of the molecule is C=C/C=C\C1=C(C=C)CN(CC(O)CN(CC(=C)/C=C\C)CC(=C)/C=C\C)C1=O. The van der Waals surface area contributed by atoms with Gasteiger partial charge in [-0.25, -0.2) is 0 Å². The van der Waals surface area contributed by atoms with Gasteiger partial charge in [-0.15, -0.1) is 0 Å². The summed E-state index contributed by atoms with van der Waals surface area (Å²) in [5.74, 6) is -0.0970. The van der Waals surface area contributed by atoms with Crippen LogP contribution in [0, 0.1) is 0 Å². The van der Waals surface area contributed by atoms with Gasteiger partial charge in [-0.2, -0.15) is 0 Å². The van der Waals surface area contributed by atoms with Crippen molar-refractivity contribution in [3.63, 3.8) is 0 Å². The zero-order valence-corrected chi connectivity index (χ0v) is 17.8. The fourth-order valence-corrected chi connectivity index (χ4v) is 3.28. The number of carbonyl (C=O) groups excluding carboxylic acids is 1. The highest BCUT2D eigenvalue weighted by Gasteiger charge is 2.29. The highest BCUT2D eigenvalue weighted by molar-refractivity contribution is 6.00. The van der Waals surface area contributed by atoms with Crippen molar-refractivity contribution in [2.45, 2.75) is 20.0 Å². The summed E-state index contributed by atoms with van der Waals surface area (Å²) >= 11 is 0. The number of rotatable bonds is 13. The quantitative estimate of drug-likeness (QED) is 0.481. The summed E-state index contributed by atoms with van der Waals surface area (Å²) < 4.78 is 0. The molecule has 29 heavy (non-hydrogen) atoms. The van der Waals surface area contributed by atoms with Crippen LogP contribution in [0.2, 0.25) is 0 Å². The average Bonchev–Trinajstić information content (AvgIpc) is 2.95. The van der Waals surface area contributed by atoms with Gasteiger partial charge in [-0.1, -0.05) is 68.8 Å². The van der Waals surface area contributed by atoms with Crippen LogP contribution in [-0.2, 0) is 4.79 Å². The second-order valence-electron chi connectivity index (χ2n) is 7.06. The van der Waals surface area contributed by atoms with E-state index in [4.69, 9.17) is 0 Å². The molecule has 1 atom stereocenters. The molecule has 4 nitrogen and oxygen atoms in total. The van der Waals surface area contributed by atoms with Gasteiger partial charge in [0.15, 0.2) is 0 Å². The summed E-state index contributed by atoms with van der Waals surface area (Å²) in [6.07, 6.45) is 13.9. The van der Waals surface area contributed by atoms with Gasteiger partial charge in [0, 0.05) is 38.3 Å². The van der Waals surface area contributed by atoms with Gasteiger partial charge in [0.25, 0.3) is 5.91 Å². The third-order valence-corrected chi connectivity index (χ3v) is 4.43. The Kier molecular flexibility index (Phi) is 10.7. The minimum atomic E-state index is -0.690. The van der Waals surface area contributed by atoms with Crippen molar-refractivity contribution in [3.05, 3.63) is 97.2 Å². The van der Waals surface area contributed by atoms with E-state index in [1.54, 1.807) is 29.2 Å². The van der Waals surface area contributed by atoms with E-state index in [0.717, 1.165) is 16.7 Å². The predicted octanol–water partition coefficient (Wildman–Crippen LogP) is 3.98. The molecule has 0 bridgehead atoms. The molecule has 0 saturated carbocycles. The number of carbonyl (C=O) groups is 1. The maximum absolute atomic E-state index is 12.7. The van der Waals surface area contributed by atoms with Gasteiger partial charge in [-0.05, 0) is 36.6 Å². The summed E-state index contributed by atoms with van der Waals surface area (Å²) in [6, 6.07) is 0. The van der Waals surface area contributed by atoms with Crippen LogP contribution < -0.4 is 0 Å². The van der Waals surface area contributed by atoms with Crippen molar-refractivity contribution in [2.24, 2.45) is 0 Å². The first-order chi connectivity index (χ1) is 13.9. The number of hydrogen-bond acceptors (Lipinski definition) is 3. The van der Waals surface area contributed by atoms with Crippen LogP contribution in [0.1, 0.15) is 13.8 Å². The molecule has 0 aromatic carbocycles. The standard InChI is InChI=1S/C25H34N2O2/c1-7-11-14-24-22(10-4)17-27(25(24)29)19-23(28)18-26(15-20(5)12-8-2)16-21(6)13-9-3/h7-14,23,28H,1,4-6,15-19H2,2-3H3/b12-8-,13-9-,14-11-. The van der Waals surface area contributed by atoms with E-state index in [1.165, 1.54) is 0 Å². The zero-order chi connectivity index (χ0) is 21.8. The molecule has 1 amide bonds. The second-order valence-corrected chi connectivity index (χ2v) is 7.06. The summed E-state index contributed by atoms with van der Waals surface area (Å²) in [6.45, 7) is 21.8. The van der Waals surface area contributed by atoms with E-state index in [9.17, 15) is 9.90 Å². The molecule has 1 N–H and O–H groups in total. The molecule has 0 spiro atoms. The predicted molar refractivity (Wildman–Crippen MR) is 123 cm³/mol. The normalized spacial score (nSPS) is 16.0. The van der Waals surface area contributed by atoms with Gasteiger partial charge < -0.3 is 10.0 Å². The molecule has 0 aliphatic carbocycles. The molecule has 1 aliphatic heterocycles. The molecule has 0 radical (unpaired) electrons. The summed E-state index contributed by atoms with van der Waals surface area (Å²) in [4.78, 5) is 16.4. The first-order valence-electron chi connectivity index (χ1n) is 9.81. The lowest BCUT2D eigenvalue weighted by Crippen LogP contribution is -2.42. The molecule has 1 rings (SSSR count). The molecule has 0 saturated heterocycles. The first kappa shape index (κ1) is 24.3. The zero-order valence-electron chi connectivity index (χ0n) is 17.8. The van der Waals surface area contributed by atoms with Gasteiger partial charge >= 0.3 is 0 Å². The highest BCUT2D eigenvalue weighted by atomic mass is 16.3. The number of amides is 1. The van der Waals surface area contributed by atoms with E-state index in [0.29, 0.717) is 31.8 Å². The van der Waals surface area contributed by atoms with E-state index in [1.807, 2.05) is 38.2 Å². The third kappa shape index (κ3) is 8.06. The van der Waals surface area contributed by atoms with Crippen LogP contribution in [0.15, 0.2) is 97.2 Å². The minimum absolute atomic E-state index is 0.0970. The maximum atomic E-state index is 12.7. The number of nitrogens with zero attached hydrogens (tertiary/aromatic N) is 2. The van der Waals surface area contributed by atoms with E-state index >= 15 is 0 Å². The van der Waals surface area contributed by atoms with Crippen LogP contribution in [-0.4, -0.2) is 59.6 Å². The Hall–Kier alpha value is -2.69. The monoisotopic (exact) mass is 394 g/mol. The Balaban J connectivity index is 2.80. The van der Waals surface area contributed by atoms with Crippen LogP contribution in [0.3, 0.4) is 0 Å². The Morgan fingerprint density at radius 2 is 1.76 bits per heavy atom. The molecule has 1 heterocycles. The lowest BCUT2D eigenvalue weighted by atomic mass is 10.1. The van der Waals surface area contributed by atoms with E-state index in [-0.39, 0.29) is 12.5 Å². The molecule has 1 aliphatic rings. The van der Waals surface area contributed by atoms with Crippen LogP contribution in [0.25, 0.3) is 0 Å². The third-order valence-electron chi connectivity index (χ3n) is 4.43. The molecule has 4 heteroatoms. The molecular weight excluding hydrogens is 360 g/mol. The van der Waals surface area contributed by atoms with Crippen LogP contribution in [0.5, 0.6) is 0 Å². The summed E-state index contributed by atoms with van der Waals surface area (Å²) in [5, 5.41) is 10.7. The van der Waals surface area contributed by atoms with Crippen molar-refractivity contribution in [2.75, 3.05) is 32.7 Å².